The second kappa shape index (κ2) is 9.58. The molecule has 0 radical (unpaired) electrons. The molecule has 24 heavy (non-hydrogen) atoms. The number of aliphatic imine (C=N–C) groups is 1. The molecule has 2 fully saturated rings. The number of halogens is 1. The van der Waals surface area contributed by atoms with Gasteiger partial charge in [0.2, 0.25) is 0 Å². The van der Waals surface area contributed by atoms with Crippen molar-refractivity contribution < 1.29 is 4.74 Å². The molecular weight excluding hydrogens is 415 g/mol. The fraction of sp³-hybridized carbons (Fsp3) is 0.611. The molecule has 0 bridgehead atoms. The molecule has 0 amide bonds. The van der Waals surface area contributed by atoms with E-state index >= 15 is 0 Å². The summed E-state index contributed by atoms with van der Waals surface area (Å²) >= 11 is 0. The van der Waals surface area contributed by atoms with Crippen LogP contribution in [0.5, 0.6) is 0 Å². The number of rotatable bonds is 3. The van der Waals surface area contributed by atoms with E-state index in [1.165, 1.54) is 12.0 Å². The SMILES string of the molecule is CN=C(NCC1CN(C)CCO1)N1CCC(c2ccccc2)C1.I. The Balaban J connectivity index is 0.00000208. The number of nitrogens with zero attached hydrogens (tertiary/aromatic N) is 3. The molecule has 0 saturated carbocycles. The summed E-state index contributed by atoms with van der Waals surface area (Å²) in [6.45, 7) is 5.75. The van der Waals surface area contributed by atoms with Crippen LogP contribution in [-0.2, 0) is 4.74 Å². The number of likely N-dealkylation sites (tertiary alicyclic amines) is 1. The fourth-order valence-electron chi connectivity index (χ4n) is 3.48. The molecule has 1 aromatic carbocycles. The standard InChI is InChI=1S/C18H28N4O.HI/c1-19-18(20-12-17-14-21(2)10-11-23-17)22-9-8-16(13-22)15-6-4-3-5-7-15;/h3-7,16-17H,8-14H2,1-2H3,(H,19,20);1H. The molecule has 6 heteroatoms. The average molecular weight is 444 g/mol. The lowest BCUT2D eigenvalue weighted by atomic mass is 9.99. The van der Waals surface area contributed by atoms with Gasteiger partial charge in [-0.05, 0) is 19.0 Å². The quantitative estimate of drug-likeness (QED) is 0.440. The largest absolute Gasteiger partial charge is 0.374 e. The van der Waals surface area contributed by atoms with Gasteiger partial charge >= 0.3 is 0 Å². The van der Waals surface area contributed by atoms with Crippen molar-refractivity contribution in [3.63, 3.8) is 0 Å². The van der Waals surface area contributed by atoms with Gasteiger partial charge in [-0.2, -0.15) is 0 Å². The Hall–Kier alpha value is -0.860. The lowest BCUT2D eigenvalue weighted by Crippen LogP contribution is -2.49. The van der Waals surface area contributed by atoms with Crippen LogP contribution in [0.25, 0.3) is 0 Å². The molecule has 134 valence electrons. The first-order chi connectivity index (χ1) is 11.3. The van der Waals surface area contributed by atoms with E-state index in [0.29, 0.717) is 5.92 Å². The Morgan fingerprint density at radius 1 is 1.25 bits per heavy atom. The summed E-state index contributed by atoms with van der Waals surface area (Å²) in [6.07, 6.45) is 1.44. The fourth-order valence-corrected chi connectivity index (χ4v) is 3.48. The Morgan fingerprint density at radius 3 is 2.75 bits per heavy atom. The molecule has 2 atom stereocenters. The molecule has 1 aromatic rings. The van der Waals surface area contributed by atoms with E-state index < -0.39 is 0 Å². The van der Waals surface area contributed by atoms with E-state index in [0.717, 1.165) is 45.3 Å². The molecule has 3 rings (SSSR count). The Morgan fingerprint density at radius 2 is 2.04 bits per heavy atom. The van der Waals surface area contributed by atoms with Crippen molar-refractivity contribution in [3.05, 3.63) is 35.9 Å². The van der Waals surface area contributed by atoms with Crippen LogP contribution >= 0.6 is 24.0 Å². The Labute approximate surface area is 162 Å². The molecule has 2 aliphatic heterocycles. The van der Waals surface area contributed by atoms with E-state index in [-0.39, 0.29) is 30.1 Å². The Kier molecular flexibility index (Phi) is 7.77. The lowest BCUT2D eigenvalue weighted by Gasteiger charge is -2.31. The van der Waals surface area contributed by atoms with Gasteiger partial charge in [-0.1, -0.05) is 30.3 Å². The van der Waals surface area contributed by atoms with Gasteiger partial charge in [-0.25, -0.2) is 0 Å². The van der Waals surface area contributed by atoms with Crippen molar-refractivity contribution in [3.8, 4) is 0 Å². The maximum Gasteiger partial charge on any atom is 0.193 e. The minimum absolute atomic E-state index is 0. The van der Waals surface area contributed by atoms with Gasteiger partial charge in [0.15, 0.2) is 5.96 Å². The van der Waals surface area contributed by atoms with Gasteiger partial charge in [0.1, 0.15) is 0 Å². The molecule has 0 aliphatic carbocycles. The number of nitrogens with one attached hydrogen (secondary N) is 1. The number of likely N-dealkylation sites (N-methyl/N-ethyl adjacent to an activating group) is 1. The predicted octanol–water partition coefficient (Wildman–Crippen LogP) is 2.00. The molecule has 2 aliphatic rings. The second-order valence-electron chi connectivity index (χ2n) is 6.53. The van der Waals surface area contributed by atoms with Gasteiger partial charge in [0, 0.05) is 45.7 Å². The highest BCUT2D eigenvalue weighted by Gasteiger charge is 2.26. The normalized spacial score (nSPS) is 25.4. The third-order valence-electron chi connectivity index (χ3n) is 4.80. The van der Waals surface area contributed by atoms with Crippen LogP contribution in [0, 0.1) is 0 Å². The molecule has 5 nitrogen and oxygen atoms in total. The average Bonchev–Trinajstić information content (AvgIpc) is 3.06. The minimum Gasteiger partial charge on any atom is -0.374 e. The van der Waals surface area contributed by atoms with E-state index in [9.17, 15) is 0 Å². The maximum absolute atomic E-state index is 5.82. The van der Waals surface area contributed by atoms with Gasteiger partial charge in [0.05, 0.1) is 12.7 Å². The Bertz CT molecular complexity index is 525. The van der Waals surface area contributed by atoms with Crippen molar-refractivity contribution in [2.75, 3.05) is 53.4 Å². The molecular formula is C18H29IN4O. The van der Waals surface area contributed by atoms with E-state index in [1.54, 1.807) is 0 Å². The van der Waals surface area contributed by atoms with Crippen molar-refractivity contribution in [2.45, 2.75) is 18.4 Å². The van der Waals surface area contributed by atoms with Crippen molar-refractivity contribution in [1.82, 2.24) is 15.1 Å². The summed E-state index contributed by atoms with van der Waals surface area (Å²) in [5, 5.41) is 3.50. The summed E-state index contributed by atoms with van der Waals surface area (Å²) in [6, 6.07) is 10.8. The number of benzene rings is 1. The first-order valence-corrected chi connectivity index (χ1v) is 8.57. The number of ether oxygens (including phenoxy) is 1. The topological polar surface area (TPSA) is 40.1 Å². The van der Waals surface area contributed by atoms with Gasteiger partial charge < -0.3 is 19.9 Å². The van der Waals surface area contributed by atoms with E-state index in [1.807, 2.05) is 7.05 Å². The highest BCUT2D eigenvalue weighted by molar-refractivity contribution is 14.0. The van der Waals surface area contributed by atoms with Gasteiger partial charge in [0.25, 0.3) is 0 Å². The van der Waals surface area contributed by atoms with Crippen molar-refractivity contribution in [1.29, 1.82) is 0 Å². The predicted molar refractivity (Wildman–Crippen MR) is 109 cm³/mol. The third-order valence-corrected chi connectivity index (χ3v) is 4.80. The summed E-state index contributed by atoms with van der Waals surface area (Å²) in [5.74, 6) is 1.60. The zero-order valence-electron chi connectivity index (χ0n) is 14.6. The monoisotopic (exact) mass is 444 g/mol. The smallest absolute Gasteiger partial charge is 0.193 e. The van der Waals surface area contributed by atoms with Crippen LogP contribution in [0.3, 0.4) is 0 Å². The van der Waals surface area contributed by atoms with Crippen LogP contribution in [0.2, 0.25) is 0 Å². The first kappa shape index (κ1) is 19.5. The highest BCUT2D eigenvalue weighted by Crippen LogP contribution is 2.26. The zero-order valence-corrected chi connectivity index (χ0v) is 17.0. The number of morpholine rings is 1. The van der Waals surface area contributed by atoms with Crippen LogP contribution in [-0.4, -0.2) is 75.3 Å². The summed E-state index contributed by atoms with van der Waals surface area (Å²) < 4.78 is 5.82. The molecule has 2 saturated heterocycles. The van der Waals surface area contributed by atoms with E-state index in [4.69, 9.17) is 4.74 Å². The van der Waals surface area contributed by atoms with Crippen LogP contribution < -0.4 is 5.32 Å². The van der Waals surface area contributed by atoms with Crippen LogP contribution in [0.4, 0.5) is 0 Å². The molecule has 0 spiro atoms. The van der Waals surface area contributed by atoms with E-state index in [2.05, 4.69) is 57.5 Å². The van der Waals surface area contributed by atoms with Gasteiger partial charge in [-0.15, -0.1) is 24.0 Å². The number of hydrogen-bond acceptors (Lipinski definition) is 3. The van der Waals surface area contributed by atoms with Crippen LogP contribution in [0.1, 0.15) is 17.9 Å². The molecule has 2 unspecified atom stereocenters. The van der Waals surface area contributed by atoms with Crippen molar-refractivity contribution >= 4 is 29.9 Å². The molecule has 1 N–H and O–H groups in total. The number of hydrogen-bond donors (Lipinski definition) is 1. The molecule has 2 heterocycles. The zero-order chi connectivity index (χ0) is 16.1. The second-order valence-corrected chi connectivity index (χ2v) is 6.53. The summed E-state index contributed by atoms with van der Waals surface area (Å²) in [4.78, 5) is 9.15. The summed E-state index contributed by atoms with van der Waals surface area (Å²) in [7, 11) is 4.02. The third kappa shape index (κ3) is 5.07. The van der Waals surface area contributed by atoms with Gasteiger partial charge in [-0.3, -0.25) is 4.99 Å². The summed E-state index contributed by atoms with van der Waals surface area (Å²) in [5.41, 5.74) is 1.43. The van der Waals surface area contributed by atoms with Crippen LogP contribution in [0.15, 0.2) is 35.3 Å². The number of guanidine groups is 1. The minimum atomic E-state index is 0. The maximum atomic E-state index is 5.82. The molecule has 0 aromatic heterocycles. The lowest BCUT2D eigenvalue weighted by molar-refractivity contribution is -0.0163. The van der Waals surface area contributed by atoms with Crippen molar-refractivity contribution in [2.24, 2.45) is 4.99 Å². The highest BCUT2D eigenvalue weighted by atomic mass is 127. The first-order valence-electron chi connectivity index (χ1n) is 8.57.